The number of para-hydroxylation sites is 1. The molecule has 1 N–H and O–H groups in total. The molecule has 1 nitrogen and oxygen atoms in total. The quantitative estimate of drug-likeness (QED) is 0.799. The summed E-state index contributed by atoms with van der Waals surface area (Å²) >= 11 is 0. The van der Waals surface area contributed by atoms with Crippen molar-refractivity contribution in [2.24, 2.45) is 23.2 Å². The highest BCUT2D eigenvalue weighted by atomic mass is 19.1. The van der Waals surface area contributed by atoms with Crippen LogP contribution >= 0.6 is 0 Å². The number of fused-ring (bicyclic) bond motifs is 1. The molecule has 4 fully saturated rings. The van der Waals surface area contributed by atoms with Crippen LogP contribution in [-0.4, -0.2) is 6.04 Å². The minimum absolute atomic E-state index is 0.0604. The molecule has 4 aliphatic carbocycles. The lowest BCUT2D eigenvalue weighted by atomic mass is 9.47. The maximum Gasteiger partial charge on any atom is 0.146 e. The van der Waals surface area contributed by atoms with Crippen LogP contribution in [0.1, 0.15) is 44.1 Å². The summed E-state index contributed by atoms with van der Waals surface area (Å²) in [6, 6.07) is 6.04. The zero-order chi connectivity index (χ0) is 13.3. The molecule has 1 aromatic carbocycles. The van der Waals surface area contributed by atoms with E-state index in [2.05, 4.69) is 11.4 Å². The van der Waals surface area contributed by atoms with E-state index in [1.807, 2.05) is 6.07 Å². The first kappa shape index (κ1) is 11.6. The van der Waals surface area contributed by atoms with Crippen LogP contribution < -0.4 is 5.32 Å². The molecule has 106 valence electrons. The fourth-order valence-corrected chi connectivity index (χ4v) is 6.32. The smallest absolute Gasteiger partial charge is 0.146 e. The molecule has 0 saturated heterocycles. The SMILES string of the molecule is Fc1cccc2c1NC(C13CC4CC(CC(C4)C1)C3)C2. The summed E-state index contributed by atoms with van der Waals surface area (Å²) in [5.74, 6) is 2.85. The standard InChI is InChI=1S/C18H22FN/c19-15-3-1-2-14-7-16(20-17(14)15)18-8-11-4-12(9-18)6-13(5-11)10-18/h1-3,11-13,16,20H,4-10H2. The second-order valence-electron chi connectivity index (χ2n) is 7.95. The summed E-state index contributed by atoms with van der Waals surface area (Å²) in [4.78, 5) is 0. The molecular weight excluding hydrogens is 249 g/mol. The van der Waals surface area contributed by atoms with Crippen molar-refractivity contribution in [1.29, 1.82) is 0 Å². The number of hydrogen-bond acceptors (Lipinski definition) is 1. The van der Waals surface area contributed by atoms with Crippen molar-refractivity contribution < 1.29 is 4.39 Å². The summed E-state index contributed by atoms with van der Waals surface area (Å²) in [5, 5.41) is 3.58. The van der Waals surface area contributed by atoms with E-state index < -0.39 is 0 Å². The van der Waals surface area contributed by atoms with Gasteiger partial charge < -0.3 is 5.32 Å². The third kappa shape index (κ3) is 1.48. The van der Waals surface area contributed by atoms with Gasteiger partial charge in [-0.05, 0) is 79.7 Å². The van der Waals surface area contributed by atoms with E-state index in [9.17, 15) is 4.39 Å². The Hall–Kier alpha value is -1.05. The van der Waals surface area contributed by atoms with E-state index >= 15 is 0 Å². The second-order valence-corrected chi connectivity index (χ2v) is 7.95. The lowest BCUT2D eigenvalue weighted by Crippen LogP contribution is -2.53. The number of hydrogen-bond donors (Lipinski definition) is 1. The molecule has 0 amide bonds. The summed E-state index contributed by atoms with van der Waals surface area (Å²) in [6.07, 6.45) is 9.66. The number of anilines is 1. The minimum atomic E-state index is -0.0604. The van der Waals surface area contributed by atoms with E-state index in [4.69, 9.17) is 0 Å². The average Bonchev–Trinajstić information content (AvgIpc) is 2.83. The summed E-state index contributed by atoms with van der Waals surface area (Å²) in [5.41, 5.74) is 2.47. The largest absolute Gasteiger partial charge is 0.379 e. The van der Waals surface area contributed by atoms with Gasteiger partial charge in [0.15, 0.2) is 0 Å². The van der Waals surface area contributed by atoms with Crippen molar-refractivity contribution in [2.75, 3.05) is 5.32 Å². The van der Waals surface area contributed by atoms with Crippen molar-refractivity contribution in [3.63, 3.8) is 0 Å². The molecule has 2 heteroatoms. The van der Waals surface area contributed by atoms with Gasteiger partial charge in [0.25, 0.3) is 0 Å². The first-order chi connectivity index (χ1) is 9.72. The molecular formula is C18H22FN. The molecule has 1 aromatic rings. The van der Waals surface area contributed by atoms with Gasteiger partial charge in [-0.1, -0.05) is 12.1 Å². The number of benzene rings is 1. The van der Waals surface area contributed by atoms with E-state index in [0.717, 1.165) is 29.9 Å². The van der Waals surface area contributed by atoms with Gasteiger partial charge in [-0.2, -0.15) is 0 Å². The molecule has 1 heterocycles. The monoisotopic (exact) mass is 271 g/mol. The van der Waals surface area contributed by atoms with Gasteiger partial charge >= 0.3 is 0 Å². The molecule has 0 spiro atoms. The molecule has 0 radical (unpaired) electrons. The number of nitrogens with one attached hydrogen (secondary N) is 1. The Labute approximate surface area is 120 Å². The molecule has 1 unspecified atom stereocenters. The van der Waals surface area contributed by atoms with Crippen LogP contribution in [0, 0.1) is 29.0 Å². The lowest BCUT2D eigenvalue weighted by molar-refractivity contribution is -0.0620. The summed E-state index contributed by atoms with van der Waals surface area (Å²) < 4.78 is 14.0. The Kier molecular flexibility index (Phi) is 2.19. The van der Waals surface area contributed by atoms with Gasteiger partial charge in [0.1, 0.15) is 5.82 Å². The van der Waals surface area contributed by atoms with Gasteiger partial charge in [-0.25, -0.2) is 4.39 Å². The highest BCUT2D eigenvalue weighted by Crippen LogP contribution is 2.62. The van der Waals surface area contributed by atoms with Crippen LogP contribution in [0.25, 0.3) is 0 Å². The van der Waals surface area contributed by atoms with Crippen molar-refractivity contribution >= 4 is 5.69 Å². The fraction of sp³-hybridized carbons (Fsp3) is 0.667. The first-order valence-electron chi connectivity index (χ1n) is 8.26. The zero-order valence-corrected chi connectivity index (χ0v) is 11.9. The van der Waals surface area contributed by atoms with Crippen LogP contribution in [-0.2, 0) is 6.42 Å². The highest BCUT2D eigenvalue weighted by molar-refractivity contribution is 5.58. The van der Waals surface area contributed by atoms with Gasteiger partial charge in [0.05, 0.1) is 5.69 Å². The maximum absolute atomic E-state index is 14.0. The topological polar surface area (TPSA) is 12.0 Å². The molecule has 1 atom stereocenters. The Balaban J connectivity index is 1.49. The Morgan fingerprint density at radius 3 is 2.25 bits per heavy atom. The van der Waals surface area contributed by atoms with Crippen molar-refractivity contribution in [2.45, 2.75) is 51.0 Å². The average molecular weight is 271 g/mol. The fourth-order valence-electron chi connectivity index (χ4n) is 6.32. The first-order valence-corrected chi connectivity index (χ1v) is 8.26. The summed E-state index contributed by atoms with van der Waals surface area (Å²) in [7, 11) is 0. The minimum Gasteiger partial charge on any atom is -0.379 e. The van der Waals surface area contributed by atoms with Crippen LogP contribution in [0.15, 0.2) is 18.2 Å². The van der Waals surface area contributed by atoms with Crippen LogP contribution in [0.3, 0.4) is 0 Å². The Morgan fingerprint density at radius 1 is 1.00 bits per heavy atom. The van der Waals surface area contributed by atoms with Crippen LogP contribution in [0.2, 0.25) is 0 Å². The lowest BCUT2D eigenvalue weighted by Gasteiger charge is -2.59. The van der Waals surface area contributed by atoms with Crippen LogP contribution in [0.5, 0.6) is 0 Å². The van der Waals surface area contributed by atoms with Gasteiger partial charge in [-0.3, -0.25) is 0 Å². The van der Waals surface area contributed by atoms with Gasteiger partial charge in [0, 0.05) is 6.04 Å². The molecule has 20 heavy (non-hydrogen) atoms. The Morgan fingerprint density at radius 2 is 1.65 bits per heavy atom. The van der Waals surface area contributed by atoms with Crippen LogP contribution in [0.4, 0.5) is 10.1 Å². The van der Waals surface area contributed by atoms with E-state index in [1.54, 1.807) is 6.07 Å². The van der Waals surface area contributed by atoms with E-state index in [0.29, 0.717) is 11.5 Å². The third-order valence-electron chi connectivity index (χ3n) is 6.67. The van der Waals surface area contributed by atoms with E-state index in [1.165, 1.54) is 44.1 Å². The predicted molar refractivity (Wildman–Crippen MR) is 78.1 cm³/mol. The van der Waals surface area contributed by atoms with Crippen molar-refractivity contribution in [3.05, 3.63) is 29.6 Å². The molecule has 5 aliphatic rings. The van der Waals surface area contributed by atoms with Crippen molar-refractivity contribution in [1.82, 2.24) is 0 Å². The number of halogens is 1. The third-order valence-corrected chi connectivity index (χ3v) is 6.67. The predicted octanol–water partition coefficient (Wildman–Crippen LogP) is 4.38. The van der Waals surface area contributed by atoms with Gasteiger partial charge in [0.2, 0.25) is 0 Å². The molecule has 1 aliphatic heterocycles. The Bertz CT molecular complexity index is 529. The number of rotatable bonds is 1. The normalized spacial score (nSPS) is 44.5. The molecule has 6 rings (SSSR count). The molecule has 4 saturated carbocycles. The highest BCUT2D eigenvalue weighted by Gasteiger charge is 2.55. The molecule has 0 aromatic heterocycles. The van der Waals surface area contributed by atoms with Gasteiger partial charge in [-0.15, -0.1) is 0 Å². The maximum atomic E-state index is 14.0. The summed E-state index contributed by atoms with van der Waals surface area (Å²) in [6.45, 7) is 0. The van der Waals surface area contributed by atoms with Crippen molar-refractivity contribution in [3.8, 4) is 0 Å². The zero-order valence-electron chi connectivity index (χ0n) is 11.9. The second kappa shape index (κ2) is 3.78. The molecule has 4 bridgehead atoms. The van der Waals surface area contributed by atoms with E-state index in [-0.39, 0.29) is 5.82 Å².